The van der Waals surface area contributed by atoms with E-state index in [1.54, 1.807) is 0 Å². The van der Waals surface area contributed by atoms with Crippen LogP contribution in [0, 0.1) is 23.0 Å². The van der Waals surface area contributed by atoms with E-state index in [4.69, 9.17) is 22.6 Å². The second kappa shape index (κ2) is 5.12. The van der Waals surface area contributed by atoms with Crippen molar-refractivity contribution in [2.75, 3.05) is 11.1 Å². The summed E-state index contributed by atoms with van der Waals surface area (Å²) in [5.41, 5.74) is 6.33. The van der Waals surface area contributed by atoms with Crippen LogP contribution in [0.5, 0.6) is 0 Å². The molecule has 0 atom stereocenters. The number of hydrogen-bond donors (Lipinski definition) is 2. The summed E-state index contributed by atoms with van der Waals surface area (Å²) in [6, 6.07) is 8.02. The molecule has 0 aliphatic heterocycles. The Hall–Kier alpha value is -2.32. The lowest BCUT2D eigenvalue weighted by Gasteiger charge is -2.11. The van der Waals surface area contributed by atoms with E-state index < -0.39 is 11.6 Å². The second-order valence-electron chi connectivity index (χ2n) is 3.78. The quantitative estimate of drug-likeness (QED) is 0.822. The van der Waals surface area contributed by atoms with Crippen molar-refractivity contribution in [3.8, 4) is 6.07 Å². The van der Waals surface area contributed by atoms with Gasteiger partial charge in [0.15, 0.2) is 0 Å². The molecular weight excluding hydrogens is 272 g/mol. The van der Waals surface area contributed by atoms with Crippen molar-refractivity contribution in [1.29, 1.82) is 5.26 Å². The van der Waals surface area contributed by atoms with Gasteiger partial charge in [0.25, 0.3) is 0 Å². The molecule has 0 saturated heterocycles. The zero-order chi connectivity index (χ0) is 14.0. The van der Waals surface area contributed by atoms with Gasteiger partial charge in [-0.1, -0.05) is 11.6 Å². The molecule has 19 heavy (non-hydrogen) atoms. The Morgan fingerprint density at radius 3 is 2.47 bits per heavy atom. The molecule has 0 spiro atoms. The molecule has 2 rings (SSSR count). The molecule has 6 heteroatoms. The summed E-state index contributed by atoms with van der Waals surface area (Å²) in [5.74, 6) is -1.29. The molecule has 0 fully saturated rings. The lowest BCUT2D eigenvalue weighted by atomic mass is 10.2. The van der Waals surface area contributed by atoms with E-state index in [1.807, 2.05) is 6.07 Å². The van der Waals surface area contributed by atoms with Crippen LogP contribution in [0.2, 0.25) is 5.02 Å². The summed E-state index contributed by atoms with van der Waals surface area (Å²) in [7, 11) is 0. The van der Waals surface area contributed by atoms with Gasteiger partial charge >= 0.3 is 0 Å². The largest absolute Gasteiger partial charge is 0.397 e. The fraction of sp³-hybridized carbons (Fsp3) is 0. The summed E-state index contributed by atoms with van der Waals surface area (Å²) < 4.78 is 27.0. The molecule has 0 radical (unpaired) electrons. The van der Waals surface area contributed by atoms with Crippen LogP contribution in [0.4, 0.5) is 25.8 Å². The average Bonchev–Trinajstić information content (AvgIpc) is 2.38. The van der Waals surface area contributed by atoms with Gasteiger partial charge in [0.2, 0.25) is 0 Å². The molecule has 0 aliphatic rings. The van der Waals surface area contributed by atoms with Crippen LogP contribution >= 0.6 is 11.6 Å². The van der Waals surface area contributed by atoms with Gasteiger partial charge in [-0.15, -0.1) is 0 Å². The van der Waals surface area contributed by atoms with Gasteiger partial charge < -0.3 is 11.1 Å². The van der Waals surface area contributed by atoms with Crippen LogP contribution in [-0.4, -0.2) is 0 Å². The maximum atomic E-state index is 13.7. The number of rotatable bonds is 2. The van der Waals surface area contributed by atoms with E-state index >= 15 is 0 Å². The van der Waals surface area contributed by atoms with Crippen molar-refractivity contribution < 1.29 is 8.78 Å². The van der Waals surface area contributed by atoms with Crippen LogP contribution in [0.1, 0.15) is 5.56 Å². The predicted molar refractivity (Wildman–Crippen MR) is 70.2 cm³/mol. The van der Waals surface area contributed by atoms with Crippen molar-refractivity contribution >= 4 is 28.7 Å². The first kappa shape index (κ1) is 13.1. The molecule has 0 aromatic heterocycles. The van der Waals surface area contributed by atoms with E-state index in [0.717, 1.165) is 12.1 Å². The van der Waals surface area contributed by atoms with Crippen LogP contribution in [0.15, 0.2) is 30.3 Å². The SMILES string of the molecule is N#Cc1ccc(Nc2cc(F)c(Cl)cc2N)c(F)c1. The monoisotopic (exact) mass is 279 g/mol. The Labute approximate surface area is 113 Å². The summed E-state index contributed by atoms with van der Waals surface area (Å²) in [4.78, 5) is 0. The van der Waals surface area contributed by atoms with Gasteiger partial charge in [-0.2, -0.15) is 5.26 Å². The number of halogens is 3. The summed E-state index contributed by atoms with van der Waals surface area (Å²) in [5, 5.41) is 11.2. The van der Waals surface area contributed by atoms with Gasteiger partial charge in [0.05, 0.1) is 33.7 Å². The van der Waals surface area contributed by atoms with Crippen molar-refractivity contribution in [1.82, 2.24) is 0 Å². The molecule has 2 aromatic carbocycles. The number of benzene rings is 2. The first-order chi connectivity index (χ1) is 9.01. The highest BCUT2D eigenvalue weighted by Gasteiger charge is 2.09. The number of nitrogens with zero attached hydrogens (tertiary/aromatic N) is 1. The summed E-state index contributed by atoms with van der Waals surface area (Å²) in [6.45, 7) is 0. The number of nitriles is 1. The van der Waals surface area contributed by atoms with Crippen LogP contribution in [-0.2, 0) is 0 Å². The number of nitrogen functional groups attached to an aromatic ring is 1. The van der Waals surface area contributed by atoms with E-state index in [0.29, 0.717) is 0 Å². The minimum absolute atomic E-state index is 0.0902. The van der Waals surface area contributed by atoms with Crippen molar-refractivity contribution in [2.45, 2.75) is 0 Å². The first-order valence-electron chi connectivity index (χ1n) is 5.22. The molecule has 0 bridgehead atoms. The maximum absolute atomic E-state index is 13.7. The van der Waals surface area contributed by atoms with E-state index in [1.165, 1.54) is 18.2 Å². The Balaban J connectivity index is 2.37. The highest BCUT2D eigenvalue weighted by molar-refractivity contribution is 6.31. The van der Waals surface area contributed by atoms with Crippen LogP contribution < -0.4 is 11.1 Å². The lowest BCUT2D eigenvalue weighted by Crippen LogP contribution is -1.99. The van der Waals surface area contributed by atoms with Gasteiger partial charge in [-0.05, 0) is 24.3 Å². The topological polar surface area (TPSA) is 61.8 Å². The Morgan fingerprint density at radius 2 is 1.84 bits per heavy atom. The standard InChI is InChI=1S/C13H8ClF2N3/c14-8-4-11(18)13(5-9(8)15)19-12-2-1-7(6-17)3-10(12)16/h1-5,19H,18H2. The highest BCUT2D eigenvalue weighted by Crippen LogP contribution is 2.29. The molecule has 0 amide bonds. The molecule has 0 unspecified atom stereocenters. The Kier molecular flexibility index (Phi) is 3.54. The van der Waals surface area contributed by atoms with Crippen LogP contribution in [0.3, 0.4) is 0 Å². The summed E-state index contributed by atoms with van der Waals surface area (Å²) in [6.07, 6.45) is 0. The average molecular weight is 280 g/mol. The highest BCUT2D eigenvalue weighted by atomic mass is 35.5. The number of nitrogens with two attached hydrogens (primary N) is 1. The normalized spacial score (nSPS) is 10.0. The Bertz CT molecular complexity index is 680. The Morgan fingerprint density at radius 1 is 1.11 bits per heavy atom. The zero-order valence-electron chi connectivity index (χ0n) is 9.55. The first-order valence-corrected chi connectivity index (χ1v) is 5.60. The smallest absolute Gasteiger partial charge is 0.147 e. The van der Waals surface area contributed by atoms with Crippen molar-refractivity contribution in [2.24, 2.45) is 0 Å². The maximum Gasteiger partial charge on any atom is 0.147 e. The number of anilines is 3. The minimum atomic E-state index is -0.660. The third-order valence-electron chi connectivity index (χ3n) is 2.46. The molecule has 3 N–H and O–H groups in total. The molecule has 96 valence electrons. The van der Waals surface area contributed by atoms with Gasteiger partial charge in [-0.25, -0.2) is 8.78 Å². The fourth-order valence-corrected chi connectivity index (χ4v) is 1.67. The molecule has 0 saturated carbocycles. The molecular formula is C13H8ClF2N3. The molecule has 0 heterocycles. The third kappa shape index (κ3) is 2.75. The molecule has 2 aromatic rings. The zero-order valence-corrected chi connectivity index (χ0v) is 10.3. The van der Waals surface area contributed by atoms with Crippen LogP contribution in [0.25, 0.3) is 0 Å². The van der Waals surface area contributed by atoms with Crippen molar-refractivity contribution in [3.63, 3.8) is 0 Å². The summed E-state index contributed by atoms with van der Waals surface area (Å²) >= 11 is 5.57. The third-order valence-corrected chi connectivity index (χ3v) is 2.75. The molecule has 3 nitrogen and oxygen atoms in total. The second-order valence-corrected chi connectivity index (χ2v) is 4.19. The number of hydrogen-bond acceptors (Lipinski definition) is 3. The number of nitrogens with one attached hydrogen (secondary N) is 1. The van der Waals surface area contributed by atoms with E-state index in [-0.39, 0.29) is 27.6 Å². The van der Waals surface area contributed by atoms with E-state index in [9.17, 15) is 8.78 Å². The lowest BCUT2D eigenvalue weighted by molar-refractivity contribution is 0.627. The van der Waals surface area contributed by atoms with E-state index in [2.05, 4.69) is 5.32 Å². The molecule has 0 aliphatic carbocycles. The fourth-order valence-electron chi connectivity index (χ4n) is 1.50. The minimum Gasteiger partial charge on any atom is -0.397 e. The van der Waals surface area contributed by atoms with Crippen molar-refractivity contribution in [3.05, 3.63) is 52.6 Å². The van der Waals surface area contributed by atoms with Gasteiger partial charge in [0, 0.05) is 6.07 Å². The predicted octanol–water partition coefficient (Wildman–Crippen LogP) is 3.82. The van der Waals surface area contributed by atoms with Gasteiger partial charge in [-0.3, -0.25) is 0 Å². The van der Waals surface area contributed by atoms with Gasteiger partial charge in [0.1, 0.15) is 11.6 Å².